The molecule has 0 saturated carbocycles. The first-order valence-electron chi connectivity index (χ1n) is 5.07. The number of rotatable bonds is 5. The summed E-state index contributed by atoms with van der Waals surface area (Å²) in [5, 5.41) is 0.911. The van der Waals surface area contributed by atoms with Gasteiger partial charge < -0.3 is 10.5 Å². The molecule has 0 bridgehead atoms. The van der Waals surface area contributed by atoms with Gasteiger partial charge in [-0.3, -0.25) is 4.79 Å². The normalized spacial score (nSPS) is 14.1. The van der Waals surface area contributed by atoms with E-state index in [1.807, 2.05) is 12.1 Å². The van der Waals surface area contributed by atoms with Crippen LogP contribution in [0, 0.1) is 0 Å². The Bertz CT molecular complexity index is 382. The summed E-state index contributed by atoms with van der Waals surface area (Å²) in [5.41, 5.74) is 4.91. The second-order valence-electron chi connectivity index (χ2n) is 3.82. The zero-order valence-electron chi connectivity index (χ0n) is 9.77. The number of methoxy groups -OCH3 is 1. The summed E-state index contributed by atoms with van der Waals surface area (Å²) in [4.78, 5) is 15.6. The van der Waals surface area contributed by atoms with Crippen LogP contribution in [0.15, 0.2) is 27.8 Å². The summed E-state index contributed by atoms with van der Waals surface area (Å²) in [6, 6.07) is 3.85. The van der Waals surface area contributed by atoms with E-state index in [1.54, 1.807) is 24.9 Å². The Morgan fingerprint density at radius 3 is 2.88 bits per heavy atom. The monoisotopic (exact) mass is 318 g/mol. The van der Waals surface area contributed by atoms with Gasteiger partial charge in [-0.25, -0.2) is 4.98 Å². The summed E-state index contributed by atoms with van der Waals surface area (Å²) in [6.45, 7) is 1.68. The summed E-state index contributed by atoms with van der Waals surface area (Å²) < 4.78 is 5.58. The summed E-state index contributed by atoms with van der Waals surface area (Å²) >= 11 is 4.88. The first kappa shape index (κ1) is 14.5. The van der Waals surface area contributed by atoms with Crippen LogP contribution in [0.25, 0.3) is 0 Å². The Morgan fingerprint density at radius 2 is 2.35 bits per heavy atom. The van der Waals surface area contributed by atoms with Gasteiger partial charge in [0.1, 0.15) is 5.54 Å². The van der Waals surface area contributed by atoms with Gasteiger partial charge in [0.15, 0.2) is 0 Å². The standard InChI is InChI=1S/C11H15BrN2O2S/c1-11(13,10(15)16-2)5-6-17-9-4-3-8(12)7-14-9/h3-4,7H,5-6,13H2,1-2H3. The number of hydrogen-bond donors (Lipinski definition) is 1. The Hall–Kier alpha value is -0.590. The molecule has 1 aromatic rings. The molecule has 2 N–H and O–H groups in total. The predicted molar refractivity (Wildman–Crippen MR) is 71.9 cm³/mol. The van der Waals surface area contributed by atoms with E-state index in [1.165, 1.54) is 7.11 Å². The zero-order valence-corrected chi connectivity index (χ0v) is 12.2. The Balaban J connectivity index is 2.42. The largest absolute Gasteiger partial charge is 0.468 e. The first-order chi connectivity index (χ1) is 7.95. The lowest BCUT2D eigenvalue weighted by atomic mass is 10.0. The van der Waals surface area contributed by atoms with E-state index in [4.69, 9.17) is 5.73 Å². The molecule has 0 fully saturated rings. The van der Waals surface area contributed by atoms with Crippen LogP contribution in [0.4, 0.5) is 0 Å². The molecule has 1 rings (SSSR count). The Morgan fingerprint density at radius 1 is 1.65 bits per heavy atom. The lowest BCUT2D eigenvalue weighted by Gasteiger charge is -2.20. The number of carbonyl (C=O) groups excluding carboxylic acids is 1. The van der Waals surface area contributed by atoms with Gasteiger partial charge in [0.25, 0.3) is 0 Å². The fourth-order valence-electron chi connectivity index (χ4n) is 1.15. The maximum atomic E-state index is 11.3. The lowest BCUT2D eigenvalue weighted by Crippen LogP contribution is -2.46. The number of pyridine rings is 1. The topological polar surface area (TPSA) is 65.2 Å². The number of nitrogens with zero attached hydrogens (tertiary/aromatic N) is 1. The molecule has 0 radical (unpaired) electrons. The van der Waals surface area contributed by atoms with E-state index < -0.39 is 5.54 Å². The molecule has 17 heavy (non-hydrogen) atoms. The average Bonchev–Trinajstić information content (AvgIpc) is 2.30. The highest BCUT2D eigenvalue weighted by Crippen LogP contribution is 2.21. The quantitative estimate of drug-likeness (QED) is 0.666. The first-order valence-corrected chi connectivity index (χ1v) is 6.85. The zero-order chi connectivity index (χ0) is 12.9. The predicted octanol–water partition coefficient (Wildman–Crippen LogP) is 2.22. The van der Waals surface area contributed by atoms with Crippen LogP contribution in [-0.4, -0.2) is 29.4 Å². The lowest BCUT2D eigenvalue weighted by molar-refractivity contribution is -0.146. The second-order valence-corrected chi connectivity index (χ2v) is 5.85. The molecule has 0 saturated heterocycles. The third-order valence-electron chi connectivity index (χ3n) is 2.22. The van der Waals surface area contributed by atoms with Crippen molar-refractivity contribution in [1.82, 2.24) is 4.98 Å². The van der Waals surface area contributed by atoms with Gasteiger partial charge in [-0.1, -0.05) is 0 Å². The maximum absolute atomic E-state index is 11.3. The molecule has 0 aliphatic carbocycles. The third-order valence-corrected chi connectivity index (χ3v) is 3.64. The van der Waals surface area contributed by atoms with Crippen molar-refractivity contribution in [3.05, 3.63) is 22.8 Å². The third kappa shape index (κ3) is 4.65. The smallest absolute Gasteiger partial charge is 0.325 e. The van der Waals surface area contributed by atoms with E-state index in [-0.39, 0.29) is 5.97 Å². The highest BCUT2D eigenvalue weighted by Gasteiger charge is 2.28. The van der Waals surface area contributed by atoms with Crippen molar-refractivity contribution in [2.24, 2.45) is 5.73 Å². The van der Waals surface area contributed by atoms with E-state index in [0.29, 0.717) is 6.42 Å². The second kappa shape index (κ2) is 6.37. The number of hydrogen-bond acceptors (Lipinski definition) is 5. The van der Waals surface area contributed by atoms with Crippen LogP contribution in [0.3, 0.4) is 0 Å². The molecule has 1 atom stereocenters. The molecule has 0 spiro atoms. The molecule has 0 aliphatic heterocycles. The van der Waals surface area contributed by atoms with E-state index >= 15 is 0 Å². The number of thioether (sulfide) groups is 1. The van der Waals surface area contributed by atoms with Crippen molar-refractivity contribution in [3.8, 4) is 0 Å². The van der Waals surface area contributed by atoms with Crippen LogP contribution in [0.5, 0.6) is 0 Å². The van der Waals surface area contributed by atoms with Crippen molar-refractivity contribution in [2.75, 3.05) is 12.9 Å². The molecule has 0 amide bonds. The van der Waals surface area contributed by atoms with Crippen molar-refractivity contribution >= 4 is 33.7 Å². The van der Waals surface area contributed by atoms with Crippen LogP contribution in [-0.2, 0) is 9.53 Å². The molecular weight excluding hydrogens is 304 g/mol. The van der Waals surface area contributed by atoms with Crippen LogP contribution < -0.4 is 5.73 Å². The molecule has 6 heteroatoms. The minimum atomic E-state index is -0.933. The molecular formula is C11H15BrN2O2S. The van der Waals surface area contributed by atoms with E-state index in [9.17, 15) is 4.79 Å². The fourth-order valence-corrected chi connectivity index (χ4v) is 2.41. The molecule has 4 nitrogen and oxygen atoms in total. The van der Waals surface area contributed by atoms with Gasteiger partial charge in [0, 0.05) is 16.4 Å². The van der Waals surface area contributed by atoms with Crippen molar-refractivity contribution in [1.29, 1.82) is 0 Å². The summed E-state index contributed by atoms with van der Waals surface area (Å²) in [5.74, 6) is 0.332. The fraction of sp³-hybridized carbons (Fsp3) is 0.455. The summed E-state index contributed by atoms with van der Waals surface area (Å²) in [7, 11) is 1.34. The van der Waals surface area contributed by atoms with Crippen LogP contribution in [0.1, 0.15) is 13.3 Å². The number of halogens is 1. The molecule has 1 aromatic heterocycles. The van der Waals surface area contributed by atoms with E-state index in [0.717, 1.165) is 15.3 Å². The molecule has 0 aliphatic rings. The Labute approximate surface area is 113 Å². The van der Waals surface area contributed by atoms with Crippen molar-refractivity contribution < 1.29 is 9.53 Å². The molecule has 0 aromatic carbocycles. The van der Waals surface area contributed by atoms with Gasteiger partial charge in [-0.2, -0.15) is 0 Å². The maximum Gasteiger partial charge on any atom is 0.325 e. The van der Waals surface area contributed by atoms with Crippen molar-refractivity contribution in [2.45, 2.75) is 23.9 Å². The average molecular weight is 319 g/mol. The molecule has 1 unspecified atom stereocenters. The Kier molecular flexibility index (Phi) is 5.42. The van der Waals surface area contributed by atoms with Gasteiger partial charge in [0.05, 0.1) is 12.1 Å². The van der Waals surface area contributed by atoms with Gasteiger partial charge in [-0.05, 0) is 41.4 Å². The highest BCUT2D eigenvalue weighted by atomic mass is 79.9. The molecule has 1 heterocycles. The number of nitrogens with two attached hydrogens (primary N) is 1. The minimum absolute atomic E-state index is 0.387. The number of carbonyl (C=O) groups is 1. The number of esters is 1. The van der Waals surface area contributed by atoms with Crippen molar-refractivity contribution in [3.63, 3.8) is 0 Å². The summed E-state index contributed by atoms with van der Waals surface area (Å²) in [6.07, 6.45) is 2.28. The van der Waals surface area contributed by atoms with Gasteiger partial charge >= 0.3 is 5.97 Å². The van der Waals surface area contributed by atoms with E-state index in [2.05, 4.69) is 25.7 Å². The number of aromatic nitrogens is 1. The van der Waals surface area contributed by atoms with Gasteiger partial charge in [-0.15, -0.1) is 11.8 Å². The van der Waals surface area contributed by atoms with Crippen LogP contribution >= 0.6 is 27.7 Å². The minimum Gasteiger partial charge on any atom is -0.468 e. The molecule has 94 valence electrons. The SMILES string of the molecule is COC(=O)C(C)(N)CCSc1ccc(Br)cn1. The van der Waals surface area contributed by atoms with Crippen LogP contribution in [0.2, 0.25) is 0 Å². The van der Waals surface area contributed by atoms with Gasteiger partial charge in [0.2, 0.25) is 0 Å². The number of ether oxygens (including phenoxy) is 1. The highest BCUT2D eigenvalue weighted by molar-refractivity contribution is 9.10.